The topological polar surface area (TPSA) is 127 Å². The maximum absolute atomic E-state index is 12.1. The maximum Gasteiger partial charge on any atom is 0.319 e. The van der Waals surface area contributed by atoms with E-state index in [2.05, 4.69) is 15.6 Å². The molecular formula is C17H22N4O4S. The van der Waals surface area contributed by atoms with Gasteiger partial charge in [0.05, 0.1) is 12.6 Å². The van der Waals surface area contributed by atoms with Crippen LogP contribution >= 0.6 is 11.3 Å². The molecule has 0 spiro atoms. The standard InChI is InChI=1S/C17H22N4O4S/c1-3-11(4-2)20-17(24)21-12-5-6-13(10(7-12)8-14(22)23)25-15-9-19-16(18)26-15/h5-7,9,11H,3-4,8H2,1-2H3,(H2,18,19)(H,22,23)(H2,20,21,24). The molecular weight excluding hydrogens is 356 g/mol. The highest BCUT2D eigenvalue weighted by molar-refractivity contribution is 7.17. The summed E-state index contributed by atoms with van der Waals surface area (Å²) in [6.45, 7) is 4.00. The first-order valence-electron chi connectivity index (χ1n) is 8.22. The third kappa shape index (κ3) is 5.62. The van der Waals surface area contributed by atoms with Crippen LogP contribution in [0.25, 0.3) is 0 Å². The van der Waals surface area contributed by atoms with Gasteiger partial charge in [-0.05, 0) is 31.0 Å². The number of nitrogens with zero attached hydrogens (tertiary/aromatic N) is 1. The first kappa shape index (κ1) is 19.5. The highest BCUT2D eigenvalue weighted by Crippen LogP contribution is 2.32. The molecule has 0 aliphatic heterocycles. The molecule has 0 saturated heterocycles. The number of nitrogen functional groups attached to an aromatic ring is 1. The summed E-state index contributed by atoms with van der Waals surface area (Å²) in [4.78, 5) is 27.1. The van der Waals surface area contributed by atoms with Crippen molar-refractivity contribution in [1.29, 1.82) is 0 Å². The third-order valence-corrected chi connectivity index (χ3v) is 4.40. The molecule has 2 aromatic rings. The van der Waals surface area contributed by atoms with Gasteiger partial charge in [0, 0.05) is 17.3 Å². The van der Waals surface area contributed by atoms with Gasteiger partial charge in [-0.2, -0.15) is 0 Å². The van der Waals surface area contributed by atoms with Crippen LogP contribution in [0.5, 0.6) is 10.8 Å². The molecule has 5 N–H and O–H groups in total. The number of amides is 2. The molecule has 2 amide bonds. The zero-order valence-corrected chi connectivity index (χ0v) is 15.4. The fraction of sp³-hybridized carbons (Fsp3) is 0.353. The minimum Gasteiger partial charge on any atom is -0.481 e. The second-order valence-electron chi connectivity index (χ2n) is 5.62. The Hall–Kier alpha value is -2.81. The molecule has 9 heteroatoms. The summed E-state index contributed by atoms with van der Waals surface area (Å²) < 4.78 is 5.67. The molecule has 1 heterocycles. The van der Waals surface area contributed by atoms with Crippen molar-refractivity contribution in [3.05, 3.63) is 30.0 Å². The van der Waals surface area contributed by atoms with Crippen molar-refractivity contribution in [2.75, 3.05) is 11.1 Å². The van der Waals surface area contributed by atoms with Crippen molar-refractivity contribution in [3.63, 3.8) is 0 Å². The lowest BCUT2D eigenvalue weighted by Gasteiger charge is -2.16. The molecule has 0 atom stereocenters. The molecule has 26 heavy (non-hydrogen) atoms. The average molecular weight is 378 g/mol. The number of carbonyl (C=O) groups excluding carboxylic acids is 1. The Morgan fingerprint density at radius 2 is 2.08 bits per heavy atom. The SMILES string of the molecule is CCC(CC)NC(=O)Nc1ccc(Oc2cnc(N)s2)c(CC(=O)O)c1. The average Bonchev–Trinajstić information content (AvgIpc) is 2.99. The Morgan fingerprint density at radius 3 is 2.65 bits per heavy atom. The summed E-state index contributed by atoms with van der Waals surface area (Å²) in [6.07, 6.45) is 2.89. The van der Waals surface area contributed by atoms with E-state index in [1.807, 2.05) is 13.8 Å². The monoisotopic (exact) mass is 378 g/mol. The number of carboxylic acids is 1. The van der Waals surface area contributed by atoms with Gasteiger partial charge in [-0.3, -0.25) is 4.79 Å². The van der Waals surface area contributed by atoms with E-state index in [9.17, 15) is 9.59 Å². The molecule has 140 valence electrons. The molecule has 8 nitrogen and oxygen atoms in total. The fourth-order valence-corrected chi connectivity index (χ4v) is 2.88. The second kappa shape index (κ2) is 9.04. The molecule has 0 fully saturated rings. The Bertz CT molecular complexity index is 774. The van der Waals surface area contributed by atoms with Crippen LogP contribution in [0.4, 0.5) is 15.6 Å². The van der Waals surface area contributed by atoms with Crippen LogP contribution in [0.15, 0.2) is 24.4 Å². The van der Waals surface area contributed by atoms with E-state index in [0.29, 0.717) is 27.2 Å². The zero-order chi connectivity index (χ0) is 19.1. The number of rotatable bonds is 8. The Morgan fingerprint density at radius 1 is 1.35 bits per heavy atom. The summed E-state index contributed by atoms with van der Waals surface area (Å²) in [5.41, 5.74) is 6.49. The van der Waals surface area contributed by atoms with E-state index in [4.69, 9.17) is 15.6 Å². The van der Waals surface area contributed by atoms with Gasteiger partial charge in [0.1, 0.15) is 5.75 Å². The normalized spacial score (nSPS) is 10.6. The number of benzene rings is 1. The number of aromatic nitrogens is 1. The van der Waals surface area contributed by atoms with Crippen molar-refractivity contribution < 1.29 is 19.4 Å². The molecule has 0 saturated carbocycles. The highest BCUT2D eigenvalue weighted by Gasteiger charge is 2.14. The second-order valence-corrected chi connectivity index (χ2v) is 6.65. The smallest absolute Gasteiger partial charge is 0.319 e. The first-order chi connectivity index (χ1) is 12.4. The first-order valence-corrected chi connectivity index (χ1v) is 9.04. The van der Waals surface area contributed by atoms with E-state index in [0.717, 1.165) is 24.2 Å². The van der Waals surface area contributed by atoms with Crippen LogP contribution in [-0.4, -0.2) is 28.1 Å². The van der Waals surface area contributed by atoms with Crippen molar-refractivity contribution in [2.45, 2.75) is 39.2 Å². The van der Waals surface area contributed by atoms with Gasteiger partial charge in [0.2, 0.25) is 5.06 Å². The van der Waals surface area contributed by atoms with E-state index in [1.165, 1.54) is 6.20 Å². The number of ether oxygens (including phenoxy) is 1. The molecule has 0 aliphatic rings. The minimum absolute atomic E-state index is 0.0906. The van der Waals surface area contributed by atoms with E-state index >= 15 is 0 Å². The number of thiazole rings is 1. The lowest BCUT2D eigenvalue weighted by molar-refractivity contribution is -0.136. The summed E-state index contributed by atoms with van der Waals surface area (Å²) >= 11 is 1.15. The van der Waals surface area contributed by atoms with Gasteiger partial charge >= 0.3 is 12.0 Å². The zero-order valence-electron chi connectivity index (χ0n) is 14.6. The number of aliphatic carboxylic acids is 1. The van der Waals surface area contributed by atoms with E-state index < -0.39 is 5.97 Å². The Balaban J connectivity index is 2.16. The number of hydrogen-bond donors (Lipinski definition) is 4. The Labute approximate surface area is 155 Å². The van der Waals surface area contributed by atoms with Crippen LogP contribution in [0.1, 0.15) is 32.3 Å². The lowest BCUT2D eigenvalue weighted by atomic mass is 10.1. The van der Waals surface area contributed by atoms with Gasteiger partial charge in [-0.1, -0.05) is 25.2 Å². The van der Waals surface area contributed by atoms with Crippen LogP contribution < -0.4 is 21.1 Å². The van der Waals surface area contributed by atoms with Crippen molar-refractivity contribution in [1.82, 2.24) is 10.3 Å². The molecule has 1 aromatic carbocycles. The maximum atomic E-state index is 12.1. The molecule has 1 aromatic heterocycles. The number of hydrogen-bond acceptors (Lipinski definition) is 6. The van der Waals surface area contributed by atoms with Gasteiger partial charge < -0.3 is 26.2 Å². The number of carbonyl (C=O) groups is 2. The number of nitrogens with two attached hydrogens (primary N) is 1. The lowest BCUT2D eigenvalue weighted by Crippen LogP contribution is -2.37. The minimum atomic E-state index is -1.00. The summed E-state index contributed by atoms with van der Waals surface area (Å²) in [5.74, 6) is -0.626. The number of nitrogens with one attached hydrogen (secondary N) is 2. The summed E-state index contributed by atoms with van der Waals surface area (Å²) in [6, 6.07) is 4.61. The van der Waals surface area contributed by atoms with E-state index in [-0.39, 0.29) is 18.5 Å². The third-order valence-electron chi connectivity index (χ3n) is 3.69. The van der Waals surface area contributed by atoms with Crippen molar-refractivity contribution in [2.24, 2.45) is 0 Å². The van der Waals surface area contributed by atoms with Gasteiger partial charge in [-0.25, -0.2) is 9.78 Å². The quantitative estimate of drug-likeness (QED) is 0.557. The van der Waals surface area contributed by atoms with Gasteiger partial charge in [-0.15, -0.1) is 0 Å². The summed E-state index contributed by atoms with van der Waals surface area (Å²) in [5, 5.41) is 15.5. The molecule has 0 aliphatic carbocycles. The number of carboxylic acid groups (broad SMARTS) is 1. The van der Waals surface area contributed by atoms with Crippen molar-refractivity contribution >= 4 is 34.2 Å². The largest absolute Gasteiger partial charge is 0.481 e. The Kier molecular flexibility index (Phi) is 6.79. The molecule has 0 unspecified atom stereocenters. The van der Waals surface area contributed by atoms with Crippen LogP contribution in [0.2, 0.25) is 0 Å². The predicted molar refractivity (Wildman–Crippen MR) is 101 cm³/mol. The van der Waals surface area contributed by atoms with E-state index in [1.54, 1.807) is 18.2 Å². The molecule has 2 rings (SSSR count). The molecule has 0 bridgehead atoms. The molecule has 0 radical (unpaired) electrons. The van der Waals surface area contributed by atoms with Crippen LogP contribution in [0, 0.1) is 0 Å². The van der Waals surface area contributed by atoms with Gasteiger partial charge in [0.15, 0.2) is 5.13 Å². The highest BCUT2D eigenvalue weighted by atomic mass is 32.1. The van der Waals surface area contributed by atoms with Crippen molar-refractivity contribution in [3.8, 4) is 10.8 Å². The van der Waals surface area contributed by atoms with Crippen LogP contribution in [-0.2, 0) is 11.2 Å². The number of anilines is 2. The predicted octanol–water partition coefficient (Wildman–Crippen LogP) is 3.45. The number of urea groups is 1. The van der Waals surface area contributed by atoms with Crippen LogP contribution in [0.3, 0.4) is 0 Å². The fourth-order valence-electron chi connectivity index (χ4n) is 2.33. The summed E-state index contributed by atoms with van der Waals surface area (Å²) in [7, 11) is 0. The van der Waals surface area contributed by atoms with Gasteiger partial charge in [0.25, 0.3) is 0 Å².